The van der Waals surface area contributed by atoms with Gasteiger partial charge < -0.3 is 4.74 Å². The fraction of sp³-hybridized carbons (Fsp3) is 0.654. The number of unbranched alkanes of at least 4 members (excludes halogenated alkanes) is 13. The zero-order valence-corrected chi connectivity index (χ0v) is 19.4. The summed E-state index contributed by atoms with van der Waals surface area (Å²) >= 11 is 0. The van der Waals surface area contributed by atoms with Crippen LogP contribution in [-0.2, 0) is 16.1 Å². The van der Waals surface area contributed by atoms with Gasteiger partial charge in [0, 0.05) is 0 Å². The van der Waals surface area contributed by atoms with Gasteiger partial charge in [0.1, 0.15) is 0 Å². The van der Waals surface area contributed by atoms with Gasteiger partial charge in [-0.1, -0.05) is 121 Å². The quantitative estimate of drug-likeness (QED) is 0.208. The van der Waals surface area contributed by atoms with Gasteiger partial charge in [0.2, 0.25) is 0 Å². The number of amides is 3. The average Bonchev–Trinajstić information content (AvgIpc) is 3.04. The number of imide groups is 1. The monoisotopic (exact) mass is 429 g/mol. The summed E-state index contributed by atoms with van der Waals surface area (Å²) in [6.07, 6.45) is 18.4. The molecule has 0 unspecified atom stereocenters. The van der Waals surface area contributed by atoms with Gasteiger partial charge in [-0.25, -0.2) is 4.79 Å². The minimum absolute atomic E-state index is 0.128. The third-order valence-electron chi connectivity index (χ3n) is 5.83. The number of hydrogen-bond acceptors (Lipinski definition) is 3. The molecule has 1 aromatic rings. The van der Waals surface area contributed by atoms with Crippen molar-refractivity contribution < 1.29 is 14.3 Å². The molecule has 0 atom stereocenters. The molecule has 5 heteroatoms. The molecule has 0 saturated carbocycles. The Hall–Kier alpha value is -1.88. The Morgan fingerprint density at radius 3 is 1.81 bits per heavy atom. The normalized spacial score (nSPS) is 14.4. The number of nitrogens with zero attached hydrogens (tertiary/aromatic N) is 1. The number of nitrogens with one attached hydrogen (secondary N) is 1. The first-order valence-electron chi connectivity index (χ1n) is 12.4. The Morgan fingerprint density at radius 1 is 0.742 bits per heavy atom. The highest BCUT2D eigenvalue weighted by molar-refractivity contribution is 6.08. The molecule has 2 rings (SSSR count). The average molecular weight is 430 g/mol. The lowest BCUT2D eigenvalue weighted by Gasteiger charge is -2.20. The van der Waals surface area contributed by atoms with Gasteiger partial charge >= 0.3 is 6.03 Å². The Bertz CT molecular complexity index is 620. The molecule has 0 aromatic heterocycles. The Morgan fingerprint density at radius 2 is 1.26 bits per heavy atom. The molecule has 3 amide bonds. The van der Waals surface area contributed by atoms with E-state index in [4.69, 9.17) is 4.74 Å². The van der Waals surface area contributed by atoms with E-state index in [2.05, 4.69) is 12.2 Å². The molecule has 1 N–H and O–H groups in total. The van der Waals surface area contributed by atoms with Gasteiger partial charge in [-0.15, -0.1) is 0 Å². The first-order valence-corrected chi connectivity index (χ1v) is 12.4. The fourth-order valence-electron chi connectivity index (χ4n) is 3.95. The van der Waals surface area contributed by atoms with E-state index in [0.29, 0.717) is 13.2 Å². The lowest BCUT2D eigenvalue weighted by molar-refractivity contribution is -0.125. The first kappa shape index (κ1) is 25.4. The van der Waals surface area contributed by atoms with Crippen LogP contribution >= 0.6 is 0 Å². The molecule has 1 aromatic carbocycles. The first-order chi connectivity index (χ1) is 15.2. The summed E-state index contributed by atoms with van der Waals surface area (Å²) in [4.78, 5) is 25.5. The summed E-state index contributed by atoms with van der Waals surface area (Å²) in [7, 11) is 0. The summed E-state index contributed by atoms with van der Waals surface area (Å²) in [5.41, 5.74) is 0.963. The van der Waals surface area contributed by atoms with Crippen LogP contribution in [-0.4, -0.2) is 23.4 Å². The molecule has 1 aliphatic rings. The second-order valence-corrected chi connectivity index (χ2v) is 8.58. The number of carbonyl (C=O) groups is 2. The molecule has 1 fully saturated rings. The van der Waals surface area contributed by atoms with Gasteiger partial charge in [-0.05, 0) is 12.0 Å². The topological polar surface area (TPSA) is 58.6 Å². The number of ether oxygens (including phenoxy) is 1. The smallest absolute Gasteiger partial charge is 0.327 e. The maximum atomic E-state index is 12.1. The minimum atomic E-state index is -0.439. The van der Waals surface area contributed by atoms with Crippen molar-refractivity contribution in [2.24, 2.45) is 0 Å². The van der Waals surface area contributed by atoms with Crippen LogP contribution in [0, 0.1) is 6.23 Å². The van der Waals surface area contributed by atoms with Gasteiger partial charge in [-0.2, -0.15) is 0 Å². The van der Waals surface area contributed by atoms with E-state index >= 15 is 0 Å². The third kappa shape index (κ3) is 10.3. The maximum absolute atomic E-state index is 12.1. The van der Waals surface area contributed by atoms with E-state index in [0.717, 1.165) is 18.4 Å². The lowest BCUT2D eigenvalue weighted by atomic mass is 10.0. The van der Waals surface area contributed by atoms with E-state index in [1.165, 1.54) is 81.9 Å². The molecule has 1 heterocycles. The number of benzene rings is 1. The van der Waals surface area contributed by atoms with Crippen LogP contribution in [0.5, 0.6) is 0 Å². The van der Waals surface area contributed by atoms with Crippen molar-refractivity contribution in [3.8, 4) is 0 Å². The Labute approximate surface area is 188 Å². The summed E-state index contributed by atoms with van der Waals surface area (Å²) in [6, 6.07) is 9.21. The molecule has 0 spiro atoms. The van der Waals surface area contributed by atoms with Gasteiger partial charge in [0.15, 0.2) is 0 Å². The number of carbonyl (C=O) groups excluding carboxylic acids is 2. The van der Waals surface area contributed by atoms with Crippen molar-refractivity contribution in [3.63, 3.8) is 0 Å². The van der Waals surface area contributed by atoms with Crippen LogP contribution in [0.1, 0.15) is 102 Å². The van der Waals surface area contributed by atoms with Crippen LogP contribution < -0.4 is 5.32 Å². The molecule has 0 aliphatic carbocycles. The van der Waals surface area contributed by atoms with Crippen molar-refractivity contribution in [2.75, 3.05) is 6.61 Å². The van der Waals surface area contributed by atoms with Crippen molar-refractivity contribution in [1.29, 1.82) is 0 Å². The summed E-state index contributed by atoms with van der Waals surface area (Å²) in [6.45, 7) is 3.08. The van der Waals surface area contributed by atoms with E-state index in [9.17, 15) is 9.59 Å². The van der Waals surface area contributed by atoms with E-state index < -0.39 is 11.9 Å². The molecule has 173 valence electrons. The van der Waals surface area contributed by atoms with E-state index in [1.807, 2.05) is 30.3 Å². The molecule has 31 heavy (non-hydrogen) atoms. The van der Waals surface area contributed by atoms with E-state index in [-0.39, 0.29) is 6.23 Å². The minimum Gasteiger partial charge on any atom is -0.343 e. The zero-order valence-electron chi connectivity index (χ0n) is 19.4. The van der Waals surface area contributed by atoms with Crippen molar-refractivity contribution in [2.45, 2.75) is 103 Å². The molecule has 1 radical (unpaired) electrons. The van der Waals surface area contributed by atoms with E-state index in [1.54, 1.807) is 0 Å². The Balaban J connectivity index is 1.46. The van der Waals surface area contributed by atoms with Crippen LogP contribution in [0.3, 0.4) is 0 Å². The molecule has 1 aliphatic heterocycles. The fourth-order valence-corrected chi connectivity index (χ4v) is 3.95. The number of rotatable bonds is 18. The summed E-state index contributed by atoms with van der Waals surface area (Å²) < 4.78 is 5.69. The van der Waals surface area contributed by atoms with Crippen LogP contribution in [0.4, 0.5) is 4.79 Å². The predicted molar refractivity (Wildman–Crippen MR) is 125 cm³/mol. The molecule has 0 bridgehead atoms. The van der Waals surface area contributed by atoms with Crippen LogP contribution in [0.25, 0.3) is 0 Å². The molecule has 1 saturated heterocycles. The van der Waals surface area contributed by atoms with Crippen LogP contribution in [0.15, 0.2) is 30.3 Å². The zero-order chi connectivity index (χ0) is 22.2. The highest BCUT2D eigenvalue weighted by Crippen LogP contribution is 2.21. The van der Waals surface area contributed by atoms with Crippen molar-refractivity contribution in [3.05, 3.63) is 42.1 Å². The maximum Gasteiger partial charge on any atom is 0.327 e. The highest BCUT2D eigenvalue weighted by Gasteiger charge is 2.41. The van der Waals surface area contributed by atoms with Gasteiger partial charge in [0.25, 0.3) is 12.1 Å². The van der Waals surface area contributed by atoms with Crippen molar-refractivity contribution in [1.82, 2.24) is 10.2 Å². The highest BCUT2D eigenvalue weighted by atomic mass is 16.5. The van der Waals surface area contributed by atoms with Crippen LogP contribution in [0.2, 0.25) is 0 Å². The lowest BCUT2D eigenvalue weighted by Crippen LogP contribution is -2.30. The van der Waals surface area contributed by atoms with Gasteiger partial charge in [-0.3, -0.25) is 15.0 Å². The second-order valence-electron chi connectivity index (χ2n) is 8.58. The standard InChI is InChI=1S/C26H41N2O3/c1-2-3-4-5-6-7-8-9-10-11-12-13-14-18-21-31-25-24(29)27-26(30)28(25)22-23-19-16-15-17-20-23/h15-17,19-20H,2-14,18,21-22H2,1H3,(H,27,29,30). The Kier molecular flexibility index (Phi) is 13.0. The van der Waals surface area contributed by atoms with Gasteiger partial charge in [0.05, 0.1) is 13.2 Å². The third-order valence-corrected chi connectivity index (χ3v) is 5.83. The second kappa shape index (κ2) is 15.9. The number of urea groups is 1. The largest absolute Gasteiger partial charge is 0.343 e. The summed E-state index contributed by atoms with van der Waals surface area (Å²) in [5.74, 6) is -0.439. The SMILES string of the molecule is CCCCCCCCCCCCCCCCO[C]1C(=O)NC(=O)N1Cc1ccccc1. The van der Waals surface area contributed by atoms with Crippen molar-refractivity contribution >= 4 is 11.9 Å². The molecule has 5 nitrogen and oxygen atoms in total. The predicted octanol–water partition coefficient (Wildman–Crippen LogP) is 6.73. The number of hydrogen-bond donors (Lipinski definition) is 1. The summed E-state index contributed by atoms with van der Waals surface area (Å²) in [5, 5.41) is 2.33. The molecular weight excluding hydrogens is 388 g/mol. The molecular formula is C26H41N2O3.